The lowest BCUT2D eigenvalue weighted by molar-refractivity contribution is 0.518. The van der Waals surface area contributed by atoms with Gasteiger partial charge in [0.15, 0.2) is 0 Å². The number of aromatic nitrogens is 2. The SMILES string of the molecule is CCc1cc(CC(NC)C2CSC(C)C(C)S2)n(CC)n1. The van der Waals surface area contributed by atoms with Crippen LogP contribution in [-0.4, -0.2) is 44.4 Å². The molecule has 2 heterocycles. The monoisotopic (exact) mass is 327 g/mol. The Morgan fingerprint density at radius 3 is 2.71 bits per heavy atom. The van der Waals surface area contributed by atoms with Gasteiger partial charge in [-0.15, -0.1) is 0 Å². The summed E-state index contributed by atoms with van der Waals surface area (Å²) in [5, 5.41) is 10.5. The summed E-state index contributed by atoms with van der Waals surface area (Å²) >= 11 is 4.28. The summed E-state index contributed by atoms with van der Waals surface area (Å²) in [6.07, 6.45) is 2.10. The molecular weight excluding hydrogens is 298 g/mol. The second kappa shape index (κ2) is 7.93. The summed E-state index contributed by atoms with van der Waals surface area (Å²) in [4.78, 5) is 0. The lowest BCUT2D eigenvalue weighted by atomic mass is 10.1. The van der Waals surface area contributed by atoms with Crippen LogP contribution in [0.15, 0.2) is 6.07 Å². The van der Waals surface area contributed by atoms with Gasteiger partial charge < -0.3 is 5.32 Å². The van der Waals surface area contributed by atoms with Crippen LogP contribution in [0.4, 0.5) is 0 Å². The number of aryl methyl sites for hydroxylation is 2. The van der Waals surface area contributed by atoms with Crippen molar-refractivity contribution in [3.8, 4) is 0 Å². The first-order valence-corrected chi connectivity index (χ1v) is 10.1. The van der Waals surface area contributed by atoms with Gasteiger partial charge in [0.1, 0.15) is 0 Å². The molecule has 120 valence electrons. The zero-order chi connectivity index (χ0) is 15.4. The molecule has 0 amide bonds. The minimum atomic E-state index is 0.532. The highest BCUT2D eigenvalue weighted by molar-refractivity contribution is 8.07. The molecule has 0 radical (unpaired) electrons. The molecule has 0 spiro atoms. The first-order valence-electron chi connectivity index (χ1n) is 8.08. The molecule has 1 aliphatic heterocycles. The van der Waals surface area contributed by atoms with Gasteiger partial charge in [0, 0.05) is 46.2 Å². The Bertz CT molecular complexity index is 447. The highest BCUT2D eigenvalue weighted by Crippen LogP contribution is 2.37. The fraction of sp³-hybridized carbons (Fsp3) is 0.812. The molecule has 5 heteroatoms. The lowest BCUT2D eigenvalue weighted by Gasteiger charge is -2.35. The molecule has 0 aromatic carbocycles. The number of rotatable bonds is 6. The number of hydrogen-bond acceptors (Lipinski definition) is 4. The molecule has 3 nitrogen and oxygen atoms in total. The second-order valence-corrected chi connectivity index (χ2v) is 8.85. The normalized spacial score (nSPS) is 27.8. The molecule has 4 atom stereocenters. The maximum absolute atomic E-state index is 4.68. The minimum Gasteiger partial charge on any atom is -0.315 e. The maximum atomic E-state index is 4.68. The maximum Gasteiger partial charge on any atom is 0.0624 e. The smallest absolute Gasteiger partial charge is 0.0624 e. The molecule has 1 aromatic rings. The van der Waals surface area contributed by atoms with Gasteiger partial charge >= 0.3 is 0 Å². The van der Waals surface area contributed by atoms with Gasteiger partial charge in [-0.3, -0.25) is 4.68 Å². The topological polar surface area (TPSA) is 29.9 Å². The zero-order valence-electron chi connectivity index (χ0n) is 13.9. The van der Waals surface area contributed by atoms with Crippen molar-refractivity contribution in [2.24, 2.45) is 0 Å². The standard InChI is InChI=1S/C16H29N3S2/c1-6-13-8-14(19(7-2)18-13)9-15(17-5)16-10-20-11(3)12(4)21-16/h8,11-12,15-17H,6-7,9-10H2,1-5H3. The summed E-state index contributed by atoms with van der Waals surface area (Å²) in [5.74, 6) is 1.25. The minimum absolute atomic E-state index is 0.532. The Morgan fingerprint density at radius 2 is 2.14 bits per heavy atom. The molecule has 21 heavy (non-hydrogen) atoms. The third-order valence-electron chi connectivity index (χ3n) is 4.40. The van der Waals surface area contributed by atoms with E-state index in [0.717, 1.165) is 29.9 Å². The van der Waals surface area contributed by atoms with E-state index in [1.807, 2.05) is 0 Å². The van der Waals surface area contributed by atoms with Crippen molar-refractivity contribution in [2.75, 3.05) is 12.8 Å². The van der Waals surface area contributed by atoms with Gasteiger partial charge in [0.25, 0.3) is 0 Å². The van der Waals surface area contributed by atoms with Gasteiger partial charge in [-0.25, -0.2) is 0 Å². The van der Waals surface area contributed by atoms with E-state index in [1.54, 1.807) is 0 Å². The van der Waals surface area contributed by atoms with Crippen LogP contribution >= 0.6 is 23.5 Å². The predicted octanol–water partition coefficient (Wildman–Crippen LogP) is 3.22. The number of likely N-dealkylation sites (N-methyl/N-ethyl adjacent to an activating group) is 1. The summed E-state index contributed by atoms with van der Waals surface area (Å²) in [6.45, 7) is 10.0. The van der Waals surface area contributed by atoms with E-state index < -0.39 is 0 Å². The Kier molecular flexibility index (Phi) is 6.51. The molecule has 1 N–H and O–H groups in total. The van der Waals surface area contributed by atoms with Crippen LogP contribution in [0.2, 0.25) is 0 Å². The molecule has 0 bridgehead atoms. The van der Waals surface area contributed by atoms with Crippen molar-refractivity contribution < 1.29 is 0 Å². The highest BCUT2D eigenvalue weighted by atomic mass is 32.2. The van der Waals surface area contributed by atoms with Gasteiger partial charge in [-0.2, -0.15) is 28.6 Å². The van der Waals surface area contributed by atoms with Crippen LogP contribution in [0.5, 0.6) is 0 Å². The van der Waals surface area contributed by atoms with Crippen LogP contribution in [0.25, 0.3) is 0 Å². The number of hydrogen-bond donors (Lipinski definition) is 1. The van der Waals surface area contributed by atoms with Crippen molar-refractivity contribution in [1.82, 2.24) is 15.1 Å². The summed E-state index contributed by atoms with van der Waals surface area (Å²) in [5.41, 5.74) is 2.60. The zero-order valence-corrected chi connectivity index (χ0v) is 15.6. The van der Waals surface area contributed by atoms with Crippen molar-refractivity contribution in [1.29, 1.82) is 0 Å². The molecule has 1 saturated heterocycles. The third-order valence-corrected chi connectivity index (χ3v) is 7.95. The Labute approximate surface area is 138 Å². The largest absolute Gasteiger partial charge is 0.315 e. The molecule has 4 unspecified atom stereocenters. The molecular formula is C16H29N3S2. The fourth-order valence-electron chi connectivity index (χ4n) is 2.79. The van der Waals surface area contributed by atoms with E-state index in [9.17, 15) is 0 Å². The van der Waals surface area contributed by atoms with Crippen molar-refractivity contribution in [3.05, 3.63) is 17.5 Å². The summed E-state index contributed by atoms with van der Waals surface area (Å²) in [7, 11) is 2.10. The average Bonchev–Trinajstić information content (AvgIpc) is 2.90. The van der Waals surface area contributed by atoms with E-state index in [4.69, 9.17) is 0 Å². The highest BCUT2D eigenvalue weighted by Gasteiger charge is 2.31. The van der Waals surface area contributed by atoms with E-state index in [2.05, 4.69) is 79.4 Å². The summed E-state index contributed by atoms with van der Waals surface area (Å²) in [6, 6.07) is 2.82. The van der Waals surface area contributed by atoms with Gasteiger partial charge in [-0.1, -0.05) is 20.8 Å². The number of nitrogens with zero attached hydrogens (tertiary/aromatic N) is 2. The number of thioether (sulfide) groups is 2. The fourth-order valence-corrected chi connectivity index (χ4v) is 5.96. The third kappa shape index (κ3) is 4.20. The average molecular weight is 328 g/mol. The second-order valence-electron chi connectivity index (χ2n) is 5.81. The van der Waals surface area contributed by atoms with Crippen molar-refractivity contribution >= 4 is 23.5 Å². The van der Waals surface area contributed by atoms with Crippen LogP contribution in [-0.2, 0) is 19.4 Å². The van der Waals surface area contributed by atoms with Gasteiger partial charge in [-0.05, 0) is 26.5 Å². The molecule has 2 rings (SSSR count). The lowest BCUT2D eigenvalue weighted by Crippen LogP contribution is -2.43. The first kappa shape index (κ1) is 17.2. The van der Waals surface area contributed by atoms with Gasteiger partial charge in [0.05, 0.1) is 5.69 Å². The summed E-state index contributed by atoms with van der Waals surface area (Å²) < 4.78 is 2.18. The van der Waals surface area contributed by atoms with Crippen LogP contribution in [0.3, 0.4) is 0 Å². The molecule has 1 aromatic heterocycles. The first-order chi connectivity index (χ1) is 10.1. The Balaban J connectivity index is 2.06. The molecule has 0 aliphatic carbocycles. The Morgan fingerprint density at radius 1 is 1.38 bits per heavy atom. The van der Waals surface area contributed by atoms with Crippen LogP contribution < -0.4 is 5.32 Å². The van der Waals surface area contributed by atoms with Crippen LogP contribution in [0, 0.1) is 0 Å². The van der Waals surface area contributed by atoms with E-state index in [0.29, 0.717) is 11.3 Å². The Hall–Kier alpha value is -0.130. The van der Waals surface area contributed by atoms with E-state index >= 15 is 0 Å². The van der Waals surface area contributed by atoms with E-state index in [-0.39, 0.29) is 0 Å². The number of nitrogens with one attached hydrogen (secondary N) is 1. The molecule has 0 saturated carbocycles. The van der Waals surface area contributed by atoms with Crippen molar-refractivity contribution in [2.45, 2.75) is 68.9 Å². The quantitative estimate of drug-likeness (QED) is 0.869. The van der Waals surface area contributed by atoms with Crippen LogP contribution in [0.1, 0.15) is 39.1 Å². The predicted molar refractivity (Wildman–Crippen MR) is 96.6 cm³/mol. The molecule has 1 aliphatic rings. The van der Waals surface area contributed by atoms with E-state index in [1.165, 1.54) is 17.1 Å². The van der Waals surface area contributed by atoms with Crippen molar-refractivity contribution in [3.63, 3.8) is 0 Å². The molecule has 1 fully saturated rings. The van der Waals surface area contributed by atoms with Gasteiger partial charge in [0.2, 0.25) is 0 Å².